The zero-order chi connectivity index (χ0) is 11.8. The van der Waals surface area contributed by atoms with Crippen LogP contribution in [-0.4, -0.2) is 13.4 Å². The van der Waals surface area contributed by atoms with E-state index < -0.39 is 37.7 Å². The minimum Gasteiger partial charge on any atom is -0.395 e. The van der Waals surface area contributed by atoms with Crippen LogP contribution in [0.4, 0.5) is 18.9 Å². The van der Waals surface area contributed by atoms with Crippen molar-refractivity contribution in [1.29, 1.82) is 0 Å². The molecule has 84 valence electrons. The van der Waals surface area contributed by atoms with Crippen molar-refractivity contribution in [3.63, 3.8) is 0 Å². The van der Waals surface area contributed by atoms with Crippen molar-refractivity contribution in [2.75, 3.05) is 5.73 Å². The second-order valence-electron chi connectivity index (χ2n) is 2.49. The van der Waals surface area contributed by atoms with Gasteiger partial charge in [0.15, 0.2) is 0 Å². The number of pyridine rings is 1. The second-order valence-corrected chi connectivity index (χ2v) is 5.02. The van der Waals surface area contributed by atoms with Crippen molar-refractivity contribution in [1.82, 2.24) is 4.98 Å². The number of rotatable bonds is 2. The third-order valence-corrected chi connectivity index (χ3v) is 2.82. The Balaban J connectivity index is 3.56. The number of alkyl halides is 2. The Labute approximate surface area is 87.3 Å². The summed E-state index contributed by atoms with van der Waals surface area (Å²) in [6, 6.07) is 0.506. The monoisotopic (exact) mass is 260 g/mol. The SMILES string of the molecule is Nc1cc(S(=O)(=O)Cl)c(C(F)F)nc1F. The fourth-order valence-electron chi connectivity index (χ4n) is 0.852. The van der Waals surface area contributed by atoms with Gasteiger partial charge in [-0.1, -0.05) is 0 Å². The van der Waals surface area contributed by atoms with E-state index in [-0.39, 0.29) is 0 Å². The van der Waals surface area contributed by atoms with Gasteiger partial charge in [-0.25, -0.2) is 22.2 Å². The van der Waals surface area contributed by atoms with Crippen LogP contribution < -0.4 is 5.73 Å². The van der Waals surface area contributed by atoms with Gasteiger partial charge in [-0.2, -0.15) is 4.39 Å². The van der Waals surface area contributed by atoms with Gasteiger partial charge in [0, 0.05) is 10.7 Å². The topological polar surface area (TPSA) is 73.1 Å². The van der Waals surface area contributed by atoms with Gasteiger partial charge >= 0.3 is 0 Å². The maximum absolute atomic E-state index is 12.7. The van der Waals surface area contributed by atoms with E-state index in [0.29, 0.717) is 6.07 Å². The van der Waals surface area contributed by atoms with Gasteiger partial charge in [0.05, 0.1) is 5.69 Å². The van der Waals surface area contributed by atoms with Crippen LogP contribution in [0.25, 0.3) is 0 Å². The van der Waals surface area contributed by atoms with Crippen LogP contribution >= 0.6 is 10.7 Å². The van der Waals surface area contributed by atoms with Crippen molar-refractivity contribution < 1.29 is 21.6 Å². The Morgan fingerprint density at radius 1 is 1.47 bits per heavy atom. The summed E-state index contributed by atoms with van der Waals surface area (Å²) in [5.74, 6) is -1.37. The number of hydrogen-bond donors (Lipinski definition) is 1. The first-order chi connectivity index (χ1) is 6.73. The largest absolute Gasteiger partial charge is 0.395 e. The molecule has 0 bridgehead atoms. The lowest BCUT2D eigenvalue weighted by atomic mass is 10.3. The van der Waals surface area contributed by atoms with Crippen LogP contribution in [0, 0.1) is 5.95 Å². The number of nitrogens with zero attached hydrogens (tertiary/aromatic N) is 1. The molecule has 0 atom stereocenters. The highest BCUT2D eigenvalue weighted by molar-refractivity contribution is 8.13. The van der Waals surface area contributed by atoms with Gasteiger partial charge in [0.25, 0.3) is 15.5 Å². The average molecular weight is 261 g/mol. The molecule has 0 unspecified atom stereocenters. The first-order valence-corrected chi connectivity index (χ1v) is 5.73. The summed E-state index contributed by atoms with van der Waals surface area (Å²) in [6.07, 6.45) is -3.26. The highest BCUT2D eigenvalue weighted by Gasteiger charge is 2.25. The molecule has 0 aliphatic heterocycles. The van der Waals surface area contributed by atoms with E-state index >= 15 is 0 Å². The molecule has 4 nitrogen and oxygen atoms in total. The maximum atomic E-state index is 12.7. The predicted molar refractivity (Wildman–Crippen MR) is 46.6 cm³/mol. The molecule has 0 spiro atoms. The molecule has 0 saturated carbocycles. The van der Waals surface area contributed by atoms with Crippen molar-refractivity contribution >= 4 is 25.4 Å². The van der Waals surface area contributed by atoms with Gasteiger partial charge in [-0.3, -0.25) is 0 Å². The molecule has 1 aromatic rings. The number of nitrogen functional groups attached to an aromatic ring is 1. The van der Waals surface area contributed by atoms with Gasteiger partial charge in [-0.15, -0.1) is 0 Å². The van der Waals surface area contributed by atoms with Gasteiger partial charge in [0.2, 0.25) is 5.95 Å². The van der Waals surface area contributed by atoms with Crippen LogP contribution in [0.3, 0.4) is 0 Å². The first kappa shape index (κ1) is 12.1. The molecule has 0 aliphatic carbocycles. The molecule has 0 saturated heterocycles. The van der Waals surface area contributed by atoms with Gasteiger partial charge < -0.3 is 5.73 Å². The lowest BCUT2D eigenvalue weighted by Gasteiger charge is -2.06. The number of halogens is 4. The molecule has 0 fully saturated rings. The number of hydrogen-bond acceptors (Lipinski definition) is 4. The molecule has 0 aromatic carbocycles. The summed E-state index contributed by atoms with van der Waals surface area (Å²) in [4.78, 5) is 1.75. The number of nitrogens with two attached hydrogens (primary N) is 1. The van der Waals surface area contributed by atoms with Crippen molar-refractivity contribution in [2.24, 2.45) is 0 Å². The van der Waals surface area contributed by atoms with E-state index in [2.05, 4.69) is 4.98 Å². The average Bonchev–Trinajstić information content (AvgIpc) is 2.06. The molecule has 0 amide bonds. The van der Waals surface area contributed by atoms with E-state index in [1.54, 1.807) is 0 Å². The molecule has 1 rings (SSSR count). The Hall–Kier alpha value is -1.02. The van der Waals surface area contributed by atoms with Crippen LogP contribution in [0.1, 0.15) is 12.1 Å². The Kier molecular flexibility index (Phi) is 3.10. The summed E-state index contributed by atoms with van der Waals surface area (Å²) in [5, 5.41) is 0. The molecule has 1 aromatic heterocycles. The van der Waals surface area contributed by atoms with Crippen LogP contribution in [0.5, 0.6) is 0 Å². The van der Waals surface area contributed by atoms with Crippen LogP contribution in [-0.2, 0) is 9.05 Å². The third-order valence-electron chi connectivity index (χ3n) is 1.47. The minimum absolute atomic E-state index is 0.506. The number of aromatic nitrogens is 1. The molecule has 1 heterocycles. The molecule has 0 radical (unpaired) electrons. The maximum Gasteiger partial charge on any atom is 0.281 e. The summed E-state index contributed by atoms with van der Waals surface area (Å²) < 4.78 is 58.9. The lowest BCUT2D eigenvalue weighted by Crippen LogP contribution is -2.06. The van der Waals surface area contributed by atoms with E-state index in [1.807, 2.05) is 0 Å². The fraction of sp³-hybridized carbons (Fsp3) is 0.167. The summed E-state index contributed by atoms with van der Waals surface area (Å²) in [5.41, 5.74) is 3.06. The normalized spacial score (nSPS) is 12.1. The van der Waals surface area contributed by atoms with Crippen LogP contribution in [0.15, 0.2) is 11.0 Å². The van der Waals surface area contributed by atoms with Gasteiger partial charge in [0.1, 0.15) is 10.6 Å². The first-order valence-electron chi connectivity index (χ1n) is 3.42. The van der Waals surface area contributed by atoms with E-state index in [9.17, 15) is 21.6 Å². The van der Waals surface area contributed by atoms with Crippen molar-refractivity contribution in [3.05, 3.63) is 17.7 Å². The molecule has 15 heavy (non-hydrogen) atoms. The highest BCUT2D eigenvalue weighted by Crippen LogP contribution is 2.29. The van der Waals surface area contributed by atoms with E-state index in [1.165, 1.54) is 0 Å². The molecule has 9 heteroatoms. The Morgan fingerprint density at radius 2 is 2.00 bits per heavy atom. The minimum atomic E-state index is -4.43. The third kappa shape index (κ3) is 2.51. The molecule has 0 aliphatic rings. The standard InChI is InChI=1S/C6H4ClF3N2O2S/c7-15(13,14)3-1-2(11)6(10)12-4(3)5(8)9/h1,5H,11H2. The Bertz CT molecular complexity index is 491. The molecule has 2 N–H and O–H groups in total. The van der Waals surface area contributed by atoms with Gasteiger partial charge in [-0.05, 0) is 6.07 Å². The van der Waals surface area contributed by atoms with Crippen molar-refractivity contribution in [2.45, 2.75) is 11.3 Å². The summed E-state index contributed by atoms with van der Waals surface area (Å²) in [6.45, 7) is 0. The van der Waals surface area contributed by atoms with E-state index in [0.717, 1.165) is 0 Å². The highest BCUT2D eigenvalue weighted by atomic mass is 35.7. The molecular formula is C6H4ClF3N2O2S. The predicted octanol–water partition coefficient (Wildman–Crippen LogP) is 1.67. The Morgan fingerprint density at radius 3 is 2.40 bits per heavy atom. The summed E-state index contributed by atoms with van der Waals surface area (Å²) in [7, 11) is 0.418. The molecular weight excluding hydrogens is 257 g/mol. The summed E-state index contributed by atoms with van der Waals surface area (Å²) >= 11 is 0. The van der Waals surface area contributed by atoms with Crippen molar-refractivity contribution in [3.8, 4) is 0 Å². The quantitative estimate of drug-likeness (QED) is 0.648. The smallest absolute Gasteiger partial charge is 0.281 e. The zero-order valence-electron chi connectivity index (χ0n) is 6.92. The number of anilines is 1. The van der Waals surface area contributed by atoms with Crippen LogP contribution in [0.2, 0.25) is 0 Å². The zero-order valence-corrected chi connectivity index (χ0v) is 8.49. The second kappa shape index (κ2) is 3.86. The lowest BCUT2D eigenvalue weighted by molar-refractivity contribution is 0.141. The fourth-order valence-corrected chi connectivity index (χ4v) is 1.87. The van der Waals surface area contributed by atoms with E-state index in [4.69, 9.17) is 16.4 Å².